The Morgan fingerprint density at radius 3 is 2.08 bits per heavy atom. The monoisotopic (exact) mass is 333 g/mol. The maximum Gasteiger partial charge on any atom is 0.0280 e. The molecular weight excluding hydrogens is 314 g/mol. The molecule has 0 bridgehead atoms. The molecule has 4 rings (SSSR count). The fraction of sp³-hybridized carbons (Fsp3) is 0.0800. The lowest BCUT2D eigenvalue weighted by Crippen LogP contribution is -1.90. The average Bonchev–Trinajstić information content (AvgIpc) is 2.70. The third-order valence-electron chi connectivity index (χ3n) is 4.86. The maximum absolute atomic E-state index is 4.01. The van der Waals surface area contributed by atoms with Crippen molar-refractivity contribution < 1.29 is 0 Å². The molecule has 1 heterocycles. The van der Waals surface area contributed by atoms with Crippen molar-refractivity contribution in [2.45, 2.75) is 13.8 Å². The molecule has 0 spiro atoms. The molecule has 0 aliphatic heterocycles. The summed E-state index contributed by atoms with van der Waals surface area (Å²) in [4.78, 5) is 4.01. The Morgan fingerprint density at radius 1 is 0.692 bits per heavy atom. The van der Waals surface area contributed by atoms with Gasteiger partial charge in [-0.3, -0.25) is 4.98 Å². The smallest absolute Gasteiger partial charge is 0.0280 e. The van der Waals surface area contributed by atoms with Crippen LogP contribution in [-0.2, 0) is 0 Å². The van der Waals surface area contributed by atoms with E-state index in [9.17, 15) is 0 Å². The van der Waals surface area contributed by atoms with E-state index in [1.807, 2.05) is 12.1 Å². The minimum atomic E-state index is 0.977. The molecule has 0 saturated heterocycles. The molecule has 0 atom stereocenters. The quantitative estimate of drug-likeness (QED) is 0.394. The number of rotatable bonds is 1. The van der Waals surface area contributed by atoms with Gasteiger partial charge in [0.2, 0.25) is 0 Å². The van der Waals surface area contributed by atoms with Crippen LogP contribution in [0.5, 0.6) is 0 Å². The van der Waals surface area contributed by atoms with Gasteiger partial charge in [0, 0.05) is 23.5 Å². The number of hydrogen-bond donors (Lipinski definition) is 0. The van der Waals surface area contributed by atoms with Crippen molar-refractivity contribution in [3.63, 3.8) is 0 Å². The summed E-state index contributed by atoms with van der Waals surface area (Å²) in [6, 6.07) is 23.2. The molecule has 3 aromatic carbocycles. The van der Waals surface area contributed by atoms with Gasteiger partial charge in [-0.05, 0) is 77.2 Å². The van der Waals surface area contributed by atoms with Gasteiger partial charge in [-0.25, -0.2) is 0 Å². The van der Waals surface area contributed by atoms with Crippen LogP contribution in [0.15, 0.2) is 79.1 Å². The summed E-state index contributed by atoms with van der Waals surface area (Å²) < 4.78 is 0. The van der Waals surface area contributed by atoms with Gasteiger partial charge in [0.25, 0.3) is 0 Å². The van der Waals surface area contributed by atoms with Crippen LogP contribution in [0.3, 0.4) is 0 Å². The van der Waals surface area contributed by atoms with Crippen molar-refractivity contribution in [3.8, 4) is 23.0 Å². The Hall–Kier alpha value is -3.37. The van der Waals surface area contributed by atoms with Crippen LogP contribution in [0.2, 0.25) is 0 Å². The lowest BCUT2D eigenvalue weighted by molar-refractivity contribution is 1.32. The van der Waals surface area contributed by atoms with Crippen LogP contribution < -0.4 is 0 Å². The van der Waals surface area contributed by atoms with Crippen molar-refractivity contribution >= 4 is 10.8 Å². The molecule has 1 aromatic heterocycles. The molecule has 0 N–H and O–H groups in total. The normalized spacial score (nSPS) is 10.4. The summed E-state index contributed by atoms with van der Waals surface area (Å²) in [5.41, 5.74) is 7.19. The van der Waals surface area contributed by atoms with Crippen molar-refractivity contribution in [3.05, 3.63) is 101 Å². The van der Waals surface area contributed by atoms with Gasteiger partial charge in [0.15, 0.2) is 0 Å². The molecule has 0 amide bonds. The van der Waals surface area contributed by atoms with E-state index < -0.39 is 0 Å². The van der Waals surface area contributed by atoms with Gasteiger partial charge in [-0.1, -0.05) is 48.2 Å². The van der Waals surface area contributed by atoms with E-state index in [2.05, 4.69) is 85.3 Å². The van der Waals surface area contributed by atoms with E-state index >= 15 is 0 Å². The zero-order valence-corrected chi connectivity index (χ0v) is 15.0. The lowest BCUT2D eigenvalue weighted by atomic mass is 9.92. The summed E-state index contributed by atoms with van der Waals surface area (Å²) in [5, 5.41) is 2.61. The average molecular weight is 333 g/mol. The second-order valence-corrected chi connectivity index (χ2v) is 6.46. The molecule has 0 unspecified atom stereocenters. The summed E-state index contributed by atoms with van der Waals surface area (Å²) in [5.74, 6) is 6.39. The first-order valence-corrected chi connectivity index (χ1v) is 8.74. The molecule has 0 saturated carbocycles. The molecule has 1 heteroatoms. The summed E-state index contributed by atoms with van der Waals surface area (Å²) in [7, 11) is 0. The van der Waals surface area contributed by atoms with Crippen LogP contribution >= 0.6 is 0 Å². The van der Waals surface area contributed by atoms with E-state index in [0.717, 1.165) is 11.1 Å². The van der Waals surface area contributed by atoms with E-state index in [4.69, 9.17) is 0 Å². The maximum atomic E-state index is 4.01. The topological polar surface area (TPSA) is 12.9 Å². The second kappa shape index (κ2) is 6.86. The van der Waals surface area contributed by atoms with Crippen molar-refractivity contribution in [2.75, 3.05) is 0 Å². The molecule has 4 aromatic rings. The lowest BCUT2D eigenvalue weighted by Gasteiger charge is -2.13. The Bertz CT molecular complexity index is 1130. The zero-order valence-electron chi connectivity index (χ0n) is 15.0. The Kier molecular flexibility index (Phi) is 4.25. The van der Waals surface area contributed by atoms with Gasteiger partial charge in [0.1, 0.15) is 0 Å². The first-order valence-electron chi connectivity index (χ1n) is 8.74. The molecule has 0 fully saturated rings. The highest BCUT2D eigenvalue weighted by Crippen LogP contribution is 2.31. The fourth-order valence-electron chi connectivity index (χ4n) is 3.24. The first kappa shape index (κ1) is 16.1. The third-order valence-corrected chi connectivity index (χ3v) is 4.86. The van der Waals surface area contributed by atoms with E-state index in [-0.39, 0.29) is 0 Å². The van der Waals surface area contributed by atoms with Gasteiger partial charge in [-0.15, -0.1) is 0 Å². The van der Waals surface area contributed by atoms with Gasteiger partial charge in [0.05, 0.1) is 0 Å². The third kappa shape index (κ3) is 3.10. The second-order valence-electron chi connectivity index (χ2n) is 6.46. The number of nitrogens with zero attached hydrogens (tertiary/aromatic N) is 1. The molecule has 0 aliphatic carbocycles. The van der Waals surface area contributed by atoms with Crippen molar-refractivity contribution in [1.82, 2.24) is 4.98 Å². The minimum Gasteiger partial charge on any atom is -0.265 e. The Balaban J connectivity index is 1.71. The highest BCUT2D eigenvalue weighted by atomic mass is 14.6. The largest absolute Gasteiger partial charge is 0.265 e. The molecule has 0 radical (unpaired) electrons. The zero-order chi connectivity index (χ0) is 17.9. The number of aromatic nitrogens is 1. The van der Waals surface area contributed by atoms with Crippen LogP contribution in [0, 0.1) is 25.7 Å². The number of hydrogen-bond acceptors (Lipinski definition) is 1. The van der Waals surface area contributed by atoms with E-state index in [1.54, 1.807) is 12.4 Å². The molecule has 0 aliphatic rings. The van der Waals surface area contributed by atoms with Crippen molar-refractivity contribution in [1.29, 1.82) is 0 Å². The Labute approximate surface area is 154 Å². The number of pyridine rings is 1. The van der Waals surface area contributed by atoms with Gasteiger partial charge < -0.3 is 0 Å². The van der Waals surface area contributed by atoms with Gasteiger partial charge >= 0.3 is 0 Å². The highest BCUT2D eigenvalue weighted by Gasteiger charge is 2.08. The number of fused-ring (bicyclic) bond motifs is 1. The van der Waals surface area contributed by atoms with Crippen LogP contribution in [0.4, 0.5) is 0 Å². The molecule has 26 heavy (non-hydrogen) atoms. The van der Waals surface area contributed by atoms with E-state index in [0.29, 0.717) is 0 Å². The first-order chi connectivity index (χ1) is 12.7. The summed E-state index contributed by atoms with van der Waals surface area (Å²) in [6.07, 6.45) is 3.52. The number of aryl methyl sites for hydroxylation is 1. The summed E-state index contributed by atoms with van der Waals surface area (Å²) >= 11 is 0. The highest BCUT2D eigenvalue weighted by molar-refractivity contribution is 5.92. The molecule has 1 nitrogen and oxygen atoms in total. The standard InChI is InChI=1S/C25H19N/c1-18-19(2)25(17-23-5-3-4-6-24(18)23)22-11-9-20(10-12-22)7-8-21-13-15-26-16-14-21/h3-6,9-17H,1-2H3. The Morgan fingerprint density at radius 2 is 1.35 bits per heavy atom. The van der Waals surface area contributed by atoms with E-state index in [1.165, 1.54) is 33.0 Å². The SMILES string of the molecule is Cc1c(-c2ccc(C#Cc3ccncc3)cc2)cc2ccccc2c1C. The number of benzene rings is 3. The predicted octanol–water partition coefficient (Wildman–Crippen LogP) is 5.92. The minimum absolute atomic E-state index is 0.977. The molecule has 124 valence electrons. The fourth-order valence-corrected chi connectivity index (χ4v) is 3.24. The summed E-state index contributed by atoms with van der Waals surface area (Å²) in [6.45, 7) is 4.41. The van der Waals surface area contributed by atoms with Gasteiger partial charge in [-0.2, -0.15) is 0 Å². The van der Waals surface area contributed by atoms with Crippen LogP contribution in [0.25, 0.3) is 21.9 Å². The van der Waals surface area contributed by atoms with Crippen molar-refractivity contribution in [2.24, 2.45) is 0 Å². The predicted molar refractivity (Wildman–Crippen MR) is 109 cm³/mol. The molecular formula is C25H19N. The van der Waals surface area contributed by atoms with Crippen LogP contribution in [-0.4, -0.2) is 4.98 Å². The van der Waals surface area contributed by atoms with Crippen LogP contribution in [0.1, 0.15) is 22.3 Å².